The lowest BCUT2D eigenvalue weighted by Crippen LogP contribution is -2.34. The van der Waals surface area contributed by atoms with Crippen LogP contribution in [0.4, 0.5) is 10.5 Å². The Balaban J connectivity index is 1.69. The van der Waals surface area contributed by atoms with Gasteiger partial charge in [-0.05, 0) is 47.5 Å². The van der Waals surface area contributed by atoms with Gasteiger partial charge >= 0.3 is 6.03 Å². The van der Waals surface area contributed by atoms with Crippen LogP contribution in [-0.4, -0.2) is 14.4 Å². The van der Waals surface area contributed by atoms with Crippen molar-refractivity contribution in [3.63, 3.8) is 0 Å². The summed E-state index contributed by atoms with van der Waals surface area (Å²) in [5.74, 6) is 0. The summed E-state index contributed by atoms with van der Waals surface area (Å²) in [7, 11) is -4.07. The van der Waals surface area contributed by atoms with Crippen LogP contribution in [0.1, 0.15) is 0 Å². The number of anilines is 1. The smallest absolute Gasteiger partial charge is 0.307 e. The van der Waals surface area contributed by atoms with E-state index in [1.165, 1.54) is 18.2 Å². The molecule has 0 aliphatic heterocycles. The molecule has 0 heterocycles. The van der Waals surface area contributed by atoms with Crippen molar-refractivity contribution in [2.75, 3.05) is 5.32 Å². The summed E-state index contributed by atoms with van der Waals surface area (Å²) in [6, 6.07) is 19.3. The molecule has 0 atom stereocenters. The maximum Gasteiger partial charge on any atom is 0.333 e. The van der Waals surface area contributed by atoms with Crippen molar-refractivity contribution in [2.24, 2.45) is 0 Å². The molecule has 0 aliphatic carbocycles. The lowest BCUT2D eigenvalue weighted by molar-refractivity contribution is 0.256. The minimum atomic E-state index is -4.07. The fourth-order valence-corrected chi connectivity index (χ4v) is 3.94. The molecule has 0 bridgehead atoms. The Kier molecular flexibility index (Phi) is 5.70. The molecule has 3 rings (SSSR count). The molecule has 0 saturated heterocycles. The van der Waals surface area contributed by atoms with E-state index >= 15 is 0 Å². The molecule has 2 amide bonds. The third kappa shape index (κ3) is 4.80. The first-order chi connectivity index (χ1) is 12.8. The molecule has 0 aromatic heterocycles. The molecule has 0 unspecified atom stereocenters. The average molecular weight is 421 g/mol. The van der Waals surface area contributed by atoms with Gasteiger partial charge in [-0.25, -0.2) is 17.9 Å². The number of benzene rings is 3. The summed E-state index contributed by atoms with van der Waals surface area (Å²) in [5, 5.41) is 3.16. The van der Waals surface area contributed by atoms with Crippen molar-refractivity contribution in [3.05, 3.63) is 82.8 Å². The molecule has 0 saturated carbocycles. The monoisotopic (exact) mass is 420 g/mol. The molecule has 5 nitrogen and oxygen atoms in total. The van der Waals surface area contributed by atoms with Crippen molar-refractivity contribution in [2.45, 2.75) is 4.90 Å². The summed E-state index contributed by atoms with van der Waals surface area (Å²) in [6.45, 7) is 0. The van der Waals surface area contributed by atoms with E-state index in [1.54, 1.807) is 42.5 Å². The normalized spacial score (nSPS) is 11.0. The highest BCUT2D eigenvalue weighted by Crippen LogP contribution is 2.23. The molecule has 0 fully saturated rings. The number of hydrogen-bond acceptors (Lipinski definition) is 3. The van der Waals surface area contributed by atoms with E-state index in [0.29, 0.717) is 10.7 Å². The van der Waals surface area contributed by atoms with Gasteiger partial charge in [0, 0.05) is 10.7 Å². The van der Waals surface area contributed by atoms with E-state index < -0.39 is 16.1 Å². The molecule has 3 aromatic rings. The van der Waals surface area contributed by atoms with Gasteiger partial charge in [0.2, 0.25) is 0 Å². The van der Waals surface area contributed by atoms with Gasteiger partial charge in [0.05, 0.1) is 5.02 Å². The molecule has 2 N–H and O–H groups in total. The van der Waals surface area contributed by atoms with Crippen LogP contribution in [0.2, 0.25) is 10.0 Å². The van der Waals surface area contributed by atoms with Gasteiger partial charge in [-0.2, -0.15) is 0 Å². The summed E-state index contributed by atoms with van der Waals surface area (Å²) in [6.07, 6.45) is 0. The van der Waals surface area contributed by atoms with Gasteiger partial charge in [0.15, 0.2) is 0 Å². The zero-order valence-corrected chi connectivity index (χ0v) is 16.1. The fourth-order valence-electron chi connectivity index (χ4n) is 2.38. The Bertz CT molecular complexity index is 1070. The Labute approximate surface area is 167 Å². The number of carbonyl (C=O) groups excluding carboxylic acids is 1. The predicted octanol–water partition coefficient (Wildman–Crippen LogP) is 5.17. The third-order valence-electron chi connectivity index (χ3n) is 3.67. The van der Waals surface area contributed by atoms with E-state index in [0.717, 1.165) is 11.1 Å². The van der Waals surface area contributed by atoms with Crippen LogP contribution in [0.3, 0.4) is 0 Å². The first kappa shape index (κ1) is 19.2. The molecule has 0 spiro atoms. The summed E-state index contributed by atoms with van der Waals surface area (Å²) >= 11 is 11.8. The number of urea groups is 1. The van der Waals surface area contributed by atoms with Crippen LogP contribution in [0.5, 0.6) is 0 Å². The molecule has 3 aromatic carbocycles. The molecule has 27 heavy (non-hydrogen) atoms. The maximum absolute atomic E-state index is 12.3. The number of nitrogens with one attached hydrogen (secondary N) is 2. The minimum absolute atomic E-state index is 0.0325. The van der Waals surface area contributed by atoms with Crippen LogP contribution >= 0.6 is 23.2 Å². The highest BCUT2D eigenvalue weighted by molar-refractivity contribution is 7.90. The molecular formula is C19H14Cl2N2O3S. The van der Waals surface area contributed by atoms with E-state index in [2.05, 4.69) is 5.32 Å². The van der Waals surface area contributed by atoms with Gasteiger partial charge in [-0.1, -0.05) is 59.6 Å². The van der Waals surface area contributed by atoms with Crippen LogP contribution in [-0.2, 0) is 10.0 Å². The number of amides is 2. The first-order valence-electron chi connectivity index (χ1n) is 7.79. The SMILES string of the molecule is O=C(Nc1ccc(-c2ccc(Cl)cc2)cc1)NS(=O)(=O)c1ccccc1Cl. The van der Waals surface area contributed by atoms with Crippen LogP contribution in [0, 0.1) is 0 Å². The number of halogens is 2. The van der Waals surface area contributed by atoms with Crippen molar-refractivity contribution < 1.29 is 13.2 Å². The van der Waals surface area contributed by atoms with E-state index in [9.17, 15) is 13.2 Å². The quantitative estimate of drug-likeness (QED) is 0.610. The van der Waals surface area contributed by atoms with Crippen LogP contribution in [0.15, 0.2) is 77.7 Å². The van der Waals surface area contributed by atoms with Gasteiger partial charge in [0.25, 0.3) is 10.0 Å². The second-order valence-electron chi connectivity index (χ2n) is 5.57. The Morgan fingerprint density at radius 2 is 1.33 bits per heavy atom. The van der Waals surface area contributed by atoms with Crippen molar-refractivity contribution >= 4 is 44.9 Å². The first-order valence-corrected chi connectivity index (χ1v) is 10.0. The molecule has 8 heteroatoms. The topological polar surface area (TPSA) is 75.3 Å². The second-order valence-corrected chi connectivity index (χ2v) is 8.07. The number of carbonyl (C=O) groups is 1. The van der Waals surface area contributed by atoms with Crippen molar-refractivity contribution in [3.8, 4) is 11.1 Å². The minimum Gasteiger partial charge on any atom is -0.307 e. The fraction of sp³-hybridized carbons (Fsp3) is 0. The largest absolute Gasteiger partial charge is 0.333 e. The van der Waals surface area contributed by atoms with Gasteiger partial charge in [0.1, 0.15) is 4.90 Å². The standard InChI is InChI=1S/C19H14Cl2N2O3S/c20-15-9-5-13(6-10-15)14-7-11-16(12-8-14)22-19(24)23-27(25,26)18-4-2-1-3-17(18)21/h1-12H,(H2,22,23,24). The van der Waals surface area contributed by atoms with Crippen LogP contribution < -0.4 is 10.0 Å². The van der Waals surface area contributed by atoms with Crippen molar-refractivity contribution in [1.29, 1.82) is 0 Å². The third-order valence-corrected chi connectivity index (χ3v) is 5.76. The van der Waals surface area contributed by atoms with Crippen molar-refractivity contribution in [1.82, 2.24) is 4.72 Å². The predicted molar refractivity (Wildman–Crippen MR) is 108 cm³/mol. The van der Waals surface area contributed by atoms with Gasteiger partial charge < -0.3 is 5.32 Å². The lowest BCUT2D eigenvalue weighted by Gasteiger charge is -2.10. The highest BCUT2D eigenvalue weighted by Gasteiger charge is 2.20. The second kappa shape index (κ2) is 8.00. The van der Waals surface area contributed by atoms with E-state index in [-0.39, 0.29) is 9.92 Å². The Morgan fingerprint density at radius 3 is 1.93 bits per heavy atom. The maximum atomic E-state index is 12.3. The van der Waals surface area contributed by atoms with Gasteiger partial charge in [-0.3, -0.25) is 0 Å². The highest BCUT2D eigenvalue weighted by atomic mass is 35.5. The molecule has 0 aliphatic rings. The zero-order valence-electron chi connectivity index (χ0n) is 13.8. The number of rotatable bonds is 4. The molecular weight excluding hydrogens is 407 g/mol. The summed E-state index contributed by atoms with van der Waals surface area (Å²) in [4.78, 5) is 11.9. The zero-order chi connectivity index (χ0) is 19.4. The van der Waals surface area contributed by atoms with E-state index in [4.69, 9.17) is 23.2 Å². The lowest BCUT2D eigenvalue weighted by atomic mass is 10.1. The van der Waals surface area contributed by atoms with Crippen LogP contribution in [0.25, 0.3) is 11.1 Å². The number of sulfonamides is 1. The Hall–Kier alpha value is -2.54. The summed E-state index contributed by atoms with van der Waals surface area (Å²) < 4.78 is 26.4. The molecule has 138 valence electrons. The average Bonchev–Trinajstić information content (AvgIpc) is 2.63. The van der Waals surface area contributed by atoms with Gasteiger partial charge in [-0.15, -0.1) is 0 Å². The summed E-state index contributed by atoms with van der Waals surface area (Å²) in [5.41, 5.74) is 2.34. The molecule has 0 radical (unpaired) electrons. The Morgan fingerprint density at radius 1 is 0.778 bits per heavy atom. The van der Waals surface area contributed by atoms with E-state index in [1.807, 2.05) is 16.9 Å². The number of hydrogen-bond donors (Lipinski definition) is 2.